The van der Waals surface area contributed by atoms with Crippen LogP contribution in [0.3, 0.4) is 0 Å². The van der Waals surface area contributed by atoms with Crippen LogP contribution in [-0.2, 0) is 4.79 Å². The number of carbonyl (C=O) groups excluding carboxylic acids is 1. The number of nitrogens with one attached hydrogen (secondary N) is 2. The van der Waals surface area contributed by atoms with Gasteiger partial charge in [0.15, 0.2) is 0 Å². The van der Waals surface area contributed by atoms with Gasteiger partial charge in [0.2, 0.25) is 5.91 Å². The first kappa shape index (κ1) is 14.4. The zero-order chi connectivity index (χ0) is 14.7. The highest BCUT2D eigenvalue weighted by molar-refractivity contribution is 5.96. The molecule has 1 saturated carbocycles. The van der Waals surface area contributed by atoms with Crippen molar-refractivity contribution in [2.24, 2.45) is 11.3 Å². The molecule has 0 bridgehead atoms. The quantitative estimate of drug-likeness (QED) is 0.876. The molecule has 21 heavy (non-hydrogen) atoms. The molecule has 1 heterocycles. The van der Waals surface area contributed by atoms with Crippen molar-refractivity contribution in [2.45, 2.75) is 32.6 Å². The molecule has 114 valence electrons. The van der Waals surface area contributed by atoms with E-state index < -0.39 is 0 Å². The first-order valence-electron chi connectivity index (χ1n) is 7.98. The van der Waals surface area contributed by atoms with Gasteiger partial charge in [-0.25, -0.2) is 0 Å². The lowest BCUT2D eigenvalue weighted by Crippen LogP contribution is -2.31. The van der Waals surface area contributed by atoms with Gasteiger partial charge in [-0.1, -0.05) is 19.1 Å². The van der Waals surface area contributed by atoms with Crippen LogP contribution in [-0.4, -0.2) is 25.6 Å². The third kappa shape index (κ3) is 3.05. The molecule has 1 spiro atoms. The predicted molar refractivity (Wildman–Crippen MR) is 83.5 cm³/mol. The summed E-state index contributed by atoms with van der Waals surface area (Å²) in [6, 6.07) is 7.70. The normalized spacial score (nSPS) is 22.8. The molecule has 1 aliphatic carbocycles. The Labute approximate surface area is 126 Å². The summed E-state index contributed by atoms with van der Waals surface area (Å²) in [4.78, 5) is 12.5. The number of anilines is 1. The van der Waals surface area contributed by atoms with Crippen molar-refractivity contribution in [1.29, 1.82) is 0 Å². The molecule has 4 nitrogen and oxygen atoms in total. The van der Waals surface area contributed by atoms with Crippen LogP contribution in [0.1, 0.15) is 32.6 Å². The van der Waals surface area contributed by atoms with E-state index in [1.807, 2.05) is 24.3 Å². The topological polar surface area (TPSA) is 50.4 Å². The molecule has 4 heteroatoms. The Bertz CT molecular complexity index is 509. The molecule has 2 fully saturated rings. The Morgan fingerprint density at radius 2 is 2.14 bits per heavy atom. The third-order valence-corrected chi connectivity index (χ3v) is 4.71. The van der Waals surface area contributed by atoms with Gasteiger partial charge in [-0.3, -0.25) is 4.79 Å². The highest BCUT2D eigenvalue weighted by Crippen LogP contribution is 2.58. The summed E-state index contributed by atoms with van der Waals surface area (Å²) in [6.45, 7) is 4.83. The lowest BCUT2D eigenvalue weighted by molar-refractivity contribution is -0.118. The standard InChI is InChI=1S/C17H24N2O2/c1-2-11-21-15-6-4-3-5-14(15)19-16(20)13-12-17(13)7-9-18-10-8-17/h3-6,13,18H,2,7-12H2,1H3,(H,19,20). The van der Waals surface area contributed by atoms with Gasteiger partial charge < -0.3 is 15.4 Å². The fourth-order valence-electron chi connectivity index (χ4n) is 3.32. The molecule has 2 N–H and O–H groups in total. The molecule has 1 saturated heterocycles. The van der Waals surface area contributed by atoms with Crippen molar-refractivity contribution < 1.29 is 9.53 Å². The number of hydrogen-bond acceptors (Lipinski definition) is 3. The minimum Gasteiger partial charge on any atom is -0.491 e. The number of amides is 1. The highest BCUT2D eigenvalue weighted by atomic mass is 16.5. The molecule has 1 amide bonds. The van der Waals surface area contributed by atoms with Gasteiger partial charge in [-0.15, -0.1) is 0 Å². The van der Waals surface area contributed by atoms with E-state index in [0.717, 1.165) is 50.2 Å². The van der Waals surface area contributed by atoms with Gasteiger partial charge in [0.1, 0.15) is 5.75 Å². The van der Waals surface area contributed by atoms with Gasteiger partial charge in [0, 0.05) is 5.92 Å². The second kappa shape index (κ2) is 6.06. The average molecular weight is 288 g/mol. The van der Waals surface area contributed by atoms with Crippen molar-refractivity contribution >= 4 is 11.6 Å². The third-order valence-electron chi connectivity index (χ3n) is 4.71. The van der Waals surface area contributed by atoms with Crippen LogP contribution in [0, 0.1) is 11.3 Å². The van der Waals surface area contributed by atoms with Crippen molar-refractivity contribution in [3.63, 3.8) is 0 Å². The fraction of sp³-hybridized carbons (Fsp3) is 0.588. The van der Waals surface area contributed by atoms with E-state index in [9.17, 15) is 4.79 Å². The molecule has 1 aromatic carbocycles. The van der Waals surface area contributed by atoms with Crippen LogP contribution in [0.25, 0.3) is 0 Å². The maximum absolute atomic E-state index is 12.5. The predicted octanol–water partition coefficient (Wildman–Crippen LogP) is 2.80. The monoisotopic (exact) mass is 288 g/mol. The van der Waals surface area contributed by atoms with Gasteiger partial charge in [0.25, 0.3) is 0 Å². The lowest BCUT2D eigenvalue weighted by atomic mass is 9.92. The average Bonchev–Trinajstić information content (AvgIpc) is 3.20. The van der Waals surface area contributed by atoms with Crippen molar-refractivity contribution in [1.82, 2.24) is 5.32 Å². The van der Waals surface area contributed by atoms with Crippen LogP contribution in [0.2, 0.25) is 0 Å². The van der Waals surface area contributed by atoms with Gasteiger partial charge >= 0.3 is 0 Å². The molecular weight excluding hydrogens is 264 g/mol. The molecule has 0 aromatic heterocycles. The Morgan fingerprint density at radius 1 is 1.38 bits per heavy atom. The maximum atomic E-state index is 12.5. The van der Waals surface area contributed by atoms with E-state index >= 15 is 0 Å². The van der Waals surface area contributed by atoms with E-state index in [4.69, 9.17) is 4.74 Å². The summed E-state index contributed by atoms with van der Waals surface area (Å²) < 4.78 is 5.70. The van der Waals surface area contributed by atoms with Gasteiger partial charge in [-0.2, -0.15) is 0 Å². The van der Waals surface area contributed by atoms with Crippen molar-refractivity contribution in [3.05, 3.63) is 24.3 Å². The number of ether oxygens (including phenoxy) is 1. The molecule has 1 atom stereocenters. The van der Waals surface area contributed by atoms with Crippen LogP contribution in [0.5, 0.6) is 5.75 Å². The number of carbonyl (C=O) groups is 1. The molecule has 1 aromatic rings. The first-order chi connectivity index (χ1) is 10.2. The number of piperidine rings is 1. The summed E-state index contributed by atoms with van der Waals surface area (Å²) >= 11 is 0. The van der Waals surface area contributed by atoms with E-state index in [2.05, 4.69) is 17.6 Å². The molecule has 0 radical (unpaired) electrons. The Hall–Kier alpha value is -1.55. The van der Waals surface area contributed by atoms with Crippen LogP contribution < -0.4 is 15.4 Å². The largest absolute Gasteiger partial charge is 0.491 e. The summed E-state index contributed by atoms with van der Waals surface area (Å²) in [6.07, 6.45) is 4.25. The maximum Gasteiger partial charge on any atom is 0.228 e. The number of benzene rings is 1. The fourth-order valence-corrected chi connectivity index (χ4v) is 3.32. The van der Waals surface area contributed by atoms with E-state index in [1.54, 1.807) is 0 Å². The Morgan fingerprint density at radius 3 is 2.90 bits per heavy atom. The zero-order valence-electron chi connectivity index (χ0n) is 12.7. The first-order valence-corrected chi connectivity index (χ1v) is 7.98. The minimum absolute atomic E-state index is 0.157. The van der Waals surface area contributed by atoms with Crippen LogP contribution >= 0.6 is 0 Å². The van der Waals surface area contributed by atoms with Crippen molar-refractivity contribution in [2.75, 3.05) is 25.0 Å². The molecule has 1 unspecified atom stereocenters. The number of rotatable bonds is 5. The summed E-state index contributed by atoms with van der Waals surface area (Å²) in [5.74, 6) is 1.11. The van der Waals surface area contributed by atoms with Crippen LogP contribution in [0.15, 0.2) is 24.3 Å². The molecule has 2 aliphatic rings. The summed E-state index contributed by atoms with van der Waals surface area (Å²) in [5, 5.41) is 6.44. The summed E-state index contributed by atoms with van der Waals surface area (Å²) in [7, 11) is 0. The second-order valence-electron chi connectivity index (χ2n) is 6.20. The Balaban J connectivity index is 1.63. The van der Waals surface area contributed by atoms with Gasteiger partial charge in [-0.05, 0) is 56.3 Å². The van der Waals surface area contributed by atoms with E-state index in [-0.39, 0.29) is 17.2 Å². The molecular formula is C17H24N2O2. The number of hydrogen-bond donors (Lipinski definition) is 2. The Kier molecular flexibility index (Phi) is 4.15. The molecule has 1 aliphatic heterocycles. The highest BCUT2D eigenvalue weighted by Gasteiger charge is 2.57. The minimum atomic E-state index is 0.157. The van der Waals surface area contributed by atoms with E-state index in [1.165, 1.54) is 0 Å². The number of para-hydroxylation sites is 2. The second-order valence-corrected chi connectivity index (χ2v) is 6.20. The van der Waals surface area contributed by atoms with Crippen LogP contribution in [0.4, 0.5) is 5.69 Å². The van der Waals surface area contributed by atoms with E-state index in [0.29, 0.717) is 6.61 Å². The molecule has 3 rings (SSSR count). The van der Waals surface area contributed by atoms with Gasteiger partial charge in [0.05, 0.1) is 12.3 Å². The zero-order valence-corrected chi connectivity index (χ0v) is 12.7. The summed E-state index contributed by atoms with van der Waals surface area (Å²) in [5.41, 5.74) is 1.07. The van der Waals surface area contributed by atoms with Crippen molar-refractivity contribution in [3.8, 4) is 5.75 Å². The smallest absolute Gasteiger partial charge is 0.228 e. The lowest BCUT2D eigenvalue weighted by Gasteiger charge is -2.23. The SMILES string of the molecule is CCCOc1ccccc1NC(=O)C1CC12CCNCC2.